The molecule has 2 saturated heterocycles. The van der Waals surface area contributed by atoms with E-state index in [1.807, 2.05) is 0 Å². The second-order valence-electron chi connectivity index (χ2n) is 6.48. The Morgan fingerprint density at radius 3 is 2.80 bits per heavy atom. The maximum Gasteiger partial charge on any atom is 0.0458 e. The fourth-order valence-corrected chi connectivity index (χ4v) is 3.74. The van der Waals surface area contributed by atoms with E-state index in [9.17, 15) is 0 Å². The molecule has 1 spiro atoms. The molecule has 1 N–H and O–H groups in total. The minimum absolute atomic E-state index is 0.351. The lowest BCUT2D eigenvalue weighted by molar-refractivity contribution is 0.0484. The van der Waals surface area contributed by atoms with Gasteiger partial charge < -0.3 is 5.32 Å². The van der Waals surface area contributed by atoms with Crippen molar-refractivity contribution in [3.63, 3.8) is 0 Å². The molecule has 1 atom stereocenters. The molecule has 110 valence electrons. The van der Waals surface area contributed by atoms with Crippen LogP contribution < -0.4 is 5.32 Å². The van der Waals surface area contributed by atoms with Gasteiger partial charge in [0.25, 0.3) is 0 Å². The molecule has 1 unspecified atom stereocenters. The Kier molecular flexibility index (Phi) is 4.39. The van der Waals surface area contributed by atoms with Crippen LogP contribution in [0.25, 0.3) is 0 Å². The molecule has 2 fully saturated rings. The molecule has 2 aliphatic rings. The lowest BCUT2D eigenvalue weighted by atomic mass is 9.89. The molecular formula is C17H27N3. The predicted octanol–water partition coefficient (Wildman–Crippen LogP) is 1.95. The average molecular weight is 273 g/mol. The smallest absolute Gasteiger partial charge is 0.0458 e. The van der Waals surface area contributed by atoms with Gasteiger partial charge >= 0.3 is 0 Å². The molecule has 0 aromatic heterocycles. The second-order valence-corrected chi connectivity index (χ2v) is 6.48. The number of benzene rings is 1. The number of nitrogens with one attached hydrogen (secondary N) is 1. The van der Waals surface area contributed by atoms with Crippen LogP contribution in [-0.4, -0.2) is 55.1 Å². The average Bonchev–Trinajstić information content (AvgIpc) is 2.67. The van der Waals surface area contributed by atoms with Gasteiger partial charge in [-0.15, -0.1) is 0 Å². The van der Waals surface area contributed by atoms with Gasteiger partial charge in [-0.1, -0.05) is 36.8 Å². The quantitative estimate of drug-likeness (QED) is 0.888. The number of likely N-dealkylation sites (tertiary alicyclic amines) is 1. The van der Waals surface area contributed by atoms with Crippen LogP contribution in [0.2, 0.25) is 0 Å². The molecule has 0 amide bonds. The van der Waals surface area contributed by atoms with Crippen molar-refractivity contribution in [3.05, 3.63) is 35.9 Å². The van der Waals surface area contributed by atoms with Gasteiger partial charge in [-0.2, -0.15) is 0 Å². The van der Waals surface area contributed by atoms with Crippen LogP contribution in [0.3, 0.4) is 0 Å². The highest BCUT2D eigenvalue weighted by atomic mass is 15.3. The fourth-order valence-electron chi connectivity index (χ4n) is 3.74. The predicted molar refractivity (Wildman–Crippen MR) is 83.8 cm³/mol. The van der Waals surface area contributed by atoms with E-state index in [1.165, 1.54) is 44.5 Å². The van der Waals surface area contributed by atoms with Gasteiger partial charge in [0, 0.05) is 38.3 Å². The number of rotatable bonds is 2. The Bertz CT molecular complexity index is 420. The van der Waals surface area contributed by atoms with Crippen molar-refractivity contribution in [1.29, 1.82) is 0 Å². The van der Waals surface area contributed by atoms with Gasteiger partial charge in [0.2, 0.25) is 0 Å². The van der Waals surface area contributed by atoms with E-state index in [4.69, 9.17) is 0 Å². The zero-order chi connectivity index (χ0) is 13.8. The normalized spacial score (nSPS) is 29.4. The molecule has 1 aromatic carbocycles. The highest BCUT2D eigenvalue weighted by molar-refractivity contribution is 5.15. The molecule has 20 heavy (non-hydrogen) atoms. The van der Waals surface area contributed by atoms with E-state index in [0.29, 0.717) is 5.54 Å². The number of nitrogens with zero attached hydrogens (tertiary/aromatic N) is 2. The Morgan fingerprint density at radius 2 is 2.00 bits per heavy atom. The van der Waals surface area contributed by atoms with Crippen molar-refractivity contribution >= 4 is 0 Å². The van der Waals surface area contributed by atoms with Crippen LogP contribution in [-0.2, 0) is 6.54 Å². The van der Waals surface area contributed by atoms with Gasteiger partial charge in [0.1, 0.15) is 0 Å². The SMILES string of the molecule is CN1CCNCC12CCCCN(Cc1ccccc1)C2. The Balaban J connectivity index is 1.72. The first-order valence-electron chi connectivity index (χ1n) is 7.97. The summed E-state index contributed by atoms with van der Waals surface area (Å²) in [6, 6.07) is 10.9. The number of piperazine rings is 1. The lowest BCUT2D eigenvalue weighted by Gasteiger charge is -2.47. The number of hydrogen-bond acceptors (Lipinski definition) is 3. The first-order chi connectivity index (χ1) is 9.78. The van der Waals surface area contributed by atoms with Crippen LogP contribution in [0, 0.1) is 0 Å². The van der Waals surface area contributed by atoms with E-state index in [-0.39, 0.29) is 0 Å². The number of hydrogen-bond donors (Lipinski definition) is 1. The topological polar surface area (TPSA) is 18.5 Å². The highest BCUT2D eigenvalue weighted by Gasteiger charge is 2.38. The summed E-state index contributed by atoms with van der Waals surface area (Å²) in [5, 5.41) is 3.62. The maximum atomic E-state index is 3.62. The van der Waals surface area contributed by atoms with Crippen molar-refractivity contribution in [2.75, 3.05) is 39.8 Å². The molecule has 0 saturated carbocycles. The summed E-state index contributed by atoms with van der Waals surface area (Å²) < 4.78 is 0. The van der Waals surface area contributed by atoms with Crippen molar-refractivity contribution in [2.45, 2.75) is 31.3 Å². The summed E-state index contributed by atoms with van der Waals surface area (Å²) in [5.41, 5.74) is 1.79. The first kappa shape index (κ1) is 14.1. The van der Waals surface area contributed by atoms with Gasteiger partial charge in [0.05, 0.1) is 0 Å². The highest BCUT2D eigenvalue weighted by Crippen LogP contribution is 2.28. The van der Waals surface area contributed by atoms with Gasteiger partial charge in [-0.3, -0.25) is 9.80 Å². The Hall–Kier alpha value is -0.900. The van der Waals surface area contributed by atoms with Crippen LogP contribution in [0.4, 0.5) is 0 Å². The molecule has 1 aromatic rings. The van der Waals surface area contributed by atoms with Gasteiger partial charge in [-0.25, -0.2) is 0 Å². The standard InChI is InChI=1S/C17H27N3/c1-19-12-10-18-14-17(19)9-5-6-11-20(15-17)13-16-7-3-2-4-8-16/h2-4,7-8,18H,5-6,9-15H2,1H3. The van der Waals surface area contributed by atoms with E-state index < -0.39 is 0 Å². The van der Waals surface area contributed by atoms with Crippen LogP contribution >= 0.6 is 0 Å². The summed E-state index contributed by atoms with van der Waals surface area (Å²) in [6.07, 6.45) is 4.03. The Morgan fingerprint density at radius 1 is 1.15 bits per heavy atom. The Labute approximate surface area is 123 Å². The third kappa shape index (κ3) is 3.05. The molecule has 3 rings (SSSR count). The lowest BCUT2D eigenvalue weighted by Crippen LogP contribution is -2.63. The van der Waals surface area contributed by atoms with Gasteiger partial charge in [-0.05, 0) is 32.0 Å². The molecule has 2 aliphatic heterocycles. The van der Waals surface area contributed by atoms with E-state index in [1.54, 1.807) is 0 Å². The van der Waals surface area contributed by atoms with E-state index >= 15 is 0 Å². The molecule has 0 bridgehead atoms. The monoisotopic (exact) mass is 273 g/mol. The van der Waals surface area contributed by atoms with Gasteiger partial charge in [0.15, 0.2) is 0 Å². The van der Waals surface area contributed by atoms with Crippen LogP contribution in [0.15, 0.2) is 30.3 Å². The zero-order valence-electron chi connectivity index (χ0n) is 12.6. The van der Waals surface area contributed by atoms with E-state index in [2.05, 4.69) is 52.5 Å². The van der Waals surface area contributed by atoms with Crippen molar-refractivity contribution in [2.24, 2.45) is 0 Å². The molecular weight excluding hydrogens is 246 g/mol. The third-order valence-corrected chi connectivity index (χ3v) is 5.02. The van der Waals surface area contributed by atoms with Crippen molar-refractivity contribution in [1.82, 2.24) is 15.1 Å². The minimum atomic E-state index is 0.351. The maximum absolute atomic E-state index is 3.62. The van der Waals surface area contributed by atoms with E-state index in [0.717, 1.165) is 19.6 Å². The minimum Gasteiger partial charge on any atom is -0.314 e. The van der Waals surface area contributed by atoms with Crippen LogP contribution in [0.5, 0.6) is 0 Å². The molecule has 0 aliphatic carbocycles. The summed E-state index contributed by atoms with van der Waals surface area (Å²) in [4.78, 5) is 5.26. The zero-order valence-corrected chi connectivity index (χ0v) is 12.6. The summed E-state index contributed by atoms with van der Waals surface area (Å²) in [6.45, 7) is 7.00. The van der Waals surface area contributed by atoms with Crippen molar-refractivity contribution in [3.8, 4) is 0 Å². The largest absolute Gasteiger partial charge is 0.314 e. The molecule has 2 heterocycles. The first-order valence-corrected chi connectivity index (χ1v) is 7.97. The molecule has 3 nitrogen and oxygen atoms in total. The summed E-state index contributed by atoms with van der Waals surface area (Å²) in [5.74, 6) is 0. The van der Waals surface area contributed by atoms with Crippen LogP contribution in [0.1, 0.15) is 24.8 Å². The molecule has 3 heteroatoms. The second kappa shape index (κ2) is 6.25. The summed E-state index contributed by atoms with van der Waals surface area (Å²) >= 11 is 0. The molecule has 0 radical (unpaired) electrons. The fraction of sp³-hybridized carbons (Fsp3) is 0.647. The van der Waals surface area contributed by atoms with Crippen molar-refractivity contribution < 1.29 is 0 Å². The third-order valence-electron chi connectivity index (χ3n) is 5.02. The number of likely N-dealkylation sites (N-methyl/N-ethyl adjacent to an activating group) is 1. The summed E-state index contributed by atoms with van der Waals surface area (Å²) in [7, 11) is 2.31.